The first-order valence-corrected chi connectivity index (χ1v) is 10.4. The zero-order chi connectivity index (χ0) is 18.8. The number of thiophene rings is 1. The van der Waals surface area contributed by atoms with E-state index in [1.54, 1.807) is 11.3 Å². The second-order valence-electron chi connectivity index (χ2n) is 7.31. The first-order chi connectivity index (χ1) is 13.1. The number of rotatable bonds is 4. The molecule has 2 fully saturated rings. The molecule has 2 aromatic heterocycles. The average Bonchev–Trinajstić information content (AvgIpc) is 3.15. The SMILES string of the molecule is CN1CCN(CCC(=O)N2CCN(c3nc(N)nc4sccc34)CC2)CC1. The average molecular weight is 390 g/mol. The summed E-state index contributed by atoms with van der Waals surface area (Å²) in [6, 6.07) is 2.04. The van der Waals surface area contributed by atoms with Crippen LogP contribution in [-0.2, 0) is 4.79 Å². The van der Waals surface area contributed by atoms with Crippen molar-refractivity contribution in [1.29, 1.82) is 0 Å². The van der Waals surface area contributed by atoms with Crippen molar-refractivity contribution >= 4 is 39.2 Å². The van der Waals surface area contributed by atoms with Gasteiger partial charge in [-0.2, -0.15) is 4.98 Å². The first kappa shape index (κ1) is 18.4. The lowest BCUT2D eigenvalue weighted by molar-refractivity contribution is -0.131. The topological polar surface area (TPSA) is 81.8 Å². The molecule has 0 spiro atoms. The number of carbonyl (C=O) groups excluding carboxylic acids is 1. The van der Waals surface area contributed by atoms with E-state index in [1.165, 1.54) is 0 Å². The van der Waals surface area contributed by atoms with Gasteiger partial charge in [0, 0.05) is 65.3 Å². The molecule has 2 aliphatic rings. The van der Waals surface area contributed by atoms with Crippen molar-refractivity contribution in [1.82, 2.24) is 24.7 Å². The molecule has 0 radical (unpaired) electrons. The molecule has 9 heteroatoms. The van der Waals surface area contributed by atoms with Crippen molar-refractivity contribution in [3.63, 3.8) is 0 Å². The van der Waals surface area contributed by atoms with Gasteiger partial charge >= 0.3 is 0 Å². The number of hydrogen-bond acceptors (Lipinski definition) is 8. The van der Waals surface area contributed by atoms with Crippen LogP contribution in [0.25, 0.3) is 10.2 Å². The molecular formula is C18H27N7OS. The van der Waals surface area contributed by atoms with Crippen molar-refractivity contribution < 1.29 is 4.79 Å². The molecule has 146 valence electrons. The van der Waals surface area contributed by atoms with Gasteiger partial charge in [0.05, 0.1) is 5.39 Å². The molecule has 0 aliphatic carbocycles. The van der Waals surface area contributed by atoms with Gasteiger partial charge in [0.25, 0.3) is 0 Å². The molecule has 0 aromatic carbocycles. The maximum atomic E-state index is 12.6. The van der Waals surface area contributed by atoms with E-state index in [1.807, 2.05) is 16.3 Å². The Balaban J connectivity index is 1.30. The number of fused-ring (bicyclic) bond motifs is 1. The summed E-state index contributed by atoms with van der Waals surface area (Å²) in [6.45, 7) is 8.19. The quantitative estimate of drug-likeness (QED) is 0.818. The monoisotopic (exact) mass is 389 g/mol. The normalized spacial score (nSPS) is 19.7. The third-order valence-electron chi connectivity index (χ3n) is 5.49. The zero-order valence-corrected chi connectivity index (χ0v) is 16.6. The van der Waals surface area contributed by atoms with Gasteiger partial charge in [-0.25, -0.2) is 4.98 Å². The molecule has 2 aliphatic heterocycles. The van der Waals surface area contributed by atoms with E-state index in [2.05, 4.69) is 31.7 Å². The van der Waals surface area contributed by atoms with Gasteiger partial charge in [0.2, 0.25) is 11.9 Å². The van der Waals surface area contributed by atoms with E-state index in [-0.39, 0.29) is 5.91 Å². The minimum atomic E-state index is 0.261. The van der Waals surface area contributed by atoms with Gasteiger partial charge in [-0.05, 0) is 18.5 Å². The molecule has 4 rings (SSSR count). The Hall–Kier alpha value is -1.97. The Morgan fingerprint density at radius 1 is 1.11 bits per heavy atom. The number of nitrogens with zero attached hydrogens (tertiary/aromatic N) is 6. The third-order valence-corrected chi connectivity index (χ3v) is 6.30. The zero-order valence-electron chi connectivity index (χ0n) is 15.8. The van der Waals surface area contributed by atoms with Gasteiger partial charge < -0.3 is 25.3 Å². The molecule has 8 nitrogen and oxygen atoms in total. The van der Waals surface area contributed by atoms with Gasteiger partial charge in [0.15, 0.2) is 0 Å². The number of carbonyl (C=O) groups is 1. The number of hydrogen-bond donors (Lipinski definition) is 1. The summed E-state index contributed by atoms with van der Waals surface area (Å²) in [5, 5.41) is 3.06. The number of anilines is 2. The second-order valence-corrected chi connectivity index (χ2v) is 8.20. The van der Waals surface area contributed by atoms with E-state index < -0.39 is 0 Å². The van der Waals surface area contributed by atoms with Crippen molar-refractivity contribution in [3.05, 3.63) is 11.4 Å². The Labute approximate surface area is 163 Å². The maximum Gasteiger partial charge on any atom is 0.223 e. The number of nitrogens with two attached hydrogens (primary N) is 1. The lowest BCUT2D eigenvalue weighted by Gasteiger charge is -2.36. The fourth-order valence-corrected chi connectivity index (χ4v) is 4.51. The second kappa shape index (κ2) is 7.95. The standard InChI is InChI=1S/C18H27N7OS/c1-22-5-7-23(8-6-22)4-2-15(26)24-9-11-25(12-10-24)16-14-3-13-27-17(14)21-18(19)20-16/h3,13H,2,4-12H2,1H3,(H2,19,20,21). The summed E-state index contributed by atoms with van der Waals surface area (Å²) in [7, 11) is 2.15. The van der Waals surface area contributed by atoms with Gasteiger partial charge in [-0.3, -0.25) is 4.79 Å². The Morgan fingerprint density at radius 3 is 2.59 bits per heavy atom. The fourth-order valence-electron chi connectivity index (χ4n) is 3.75. The number of aromatic nitrogens is 2. The van der Waals surface area contributed by atoms with Crippen LogP contribution >= 0.6 is 11.3 Å². The Kier molecular flexibility index (Phi) is 5.42. The summed E-state index contributed by atoms with van der Waals surface area (Å²) in [4.78, 5) is 31.2. The molecule has 2 aromatic rings. The number of amides is 1. The highest BCUT2D eigenvalue weighted by Crippen LogP contribution is 2.29. The molecule has 0 saturated carbocycles. The van der Waals surface area contributed by atoms with Crippen LogP contribution in [-0.4, -0.2) is 96.5 Å². The van der Waals surface area contributed by atoms with Crippen molar-refractivity contribution in [3.8, 4) is 0 Å². The molecular weight excluding hydrogens is 362 g/mol. The summed E-state index contributed by atoms with van der Waals surface area (Å²) in [5.41, 5.74) is 5.87. The van der Waals surface area contributed by atoms with E-state index in [0.29, 0.717) is 12.4 Å². The minimum Gasteiger partial charge on any atom is -0.368 e. The van der Waals surface area contributed by atoms with E-state index >= 15 is 0 Å². The van der Waals surface area contributed by atoms with E-state index in [9.17, 15) is 4.79 Å². The summed E-state index contributed by atoms with van der Waals surface area (Å²) in [6.07, 6.45) is 0.610. The van der Waals surface area contributed by atoms with Crippen LogP contribution in [0.2, 0.25) is 0 Å². The largest absolute Gasteiger partial charge is 0.368 e. The predicted molar refractivity (Wildman–Crippen MR) is 109 cm³/mol. The molecule has 0 unspecified atom stereocenters. The van der Waals surface area contributed by atoms with Crippen molar-refractivity contribution in [2.24, 2.45) is 0 Å². The van der Waals surface area contributed by atoms with Crippen LogP contribution < -0.4 is 10.6 Å². The lowest BCUT2D eigenvalue weighted by Crippen LogP contribution is -2.50. The molecule has 0 atom stereocenters. The molecule has 4 heterocycles. The van der Waals surface area contributed by atoms with Crippen LogP contribution in [0.15, 0.2) is 11.4 Å². The fraction of sp³-hybridized carbons (Fsp3) is 0.611. The highest BCUT2D eigenvalue weighted by molar-refractivity contribution is 7.16. The summed E-state index contributed by atoms with van der Waals surface area (Å²) >= 11 is 1.58. The maximum absolute atomic E-state index is 12.6. The van der Waals surface area contributed by atoms with Crippen LogP contribution in [0.1, 0.15) is 6.42 Å². The summed E-state index contributed by atoms with van der Waals surface area (Å²) in [5.74, 6) is 1.46. The summed E-state index contributed by atoms with van der Waals surface area (Å²) < 4.78 is 0. The van der Waals surface area contributed by atoms with Crippen LogP contribution in [0, 0.1) is 0 Å². The minimum absolute atomic E-state index is 0.261. The van der Waals surface area contributed by atoms with Gasteiger partial charge in [-0.1, -0.05) is 0 Å². The van der Waals surface area contributed by atoms with Crippen LogP contribution in [0.5, 0.6) is 0 Å². The van der Waals surface area contributed by atoms with Crippen LogP contribution in [0.3, 0.4) is 0 Å². The van der Waals surface area contributed by atoms with Gasteiger partial charge in [0.1, 0.15) is 10.6 Å². The van der Waals surface area contributed by atoms with Crippen molar-refractivity contribution in [2.75, 3.05) is 76.6 Å². The molecule has 0 bridgehead atoms. The first-order valence-electron chi connectivity index (χ1n) is 9.54. The lowest BCUT2D eigenvalue weighted by atomic mass is 10.2. The Bertz CT molecular complexity index is 794. The Morgan fingerprint density at radius 2 is 1.85 bits per heavy atom. The van der Waals surface area contributed by atoms with E-state index in [0.717, 1.165) is 74.9 Å². The number of likely N-dealkylation sites (N-methyl/N-ethyl adjacent to an activating group) is 1. The smallest absolute Gasteiger partial charge is 0.223 e. The van der Waals surface area contributed by atoms with Gasteiger partial charge in [-0.15, -0.1) is 11.3 Å². The molecule has 1 amide bonds. The molecule has 2 N–H and O–H groups in total. The van der Waals surface area contributed by atoms with Crippen molar-refractivity contribution in [2.45, 2.75) is 6.42 Å². The van der Waals surface area contributed by atoms with E-state index in [4.69, 9.17) is 5.73 Å². The highest BCUT2D eigenvalue weighted by Gasteiger charge is 2.24. The van der Waals surface area contributed by atoms with Crippen LogP contribution in [0.4, 0.5) is 11.8 Å². The number of nitrogen functional groups attached to an aromatic ring is 1. The predicted octanol–water partition coefficient (Wildman–Crippen LogP) is 0.560. The number of piperazine rings is 2. The third kappa shape index (κ3) is 4.15. The molecule has 27 heavy (non-hydrogen) atoms. The molecule has 2 saturated heterocycles. The highest BCUT2D eigenvalue weighted by atomic mass is 32.1.